The molecule has 16 heavy (non-hydrogen) atoms. The van der Waals surface area contributed by atoms with Gasteiger partial charge in [-0.3, -0.25) is 0 Å². The number of aryl methyl sites for hydroxylation is 2. The Morgan fingerprint density at radius 3 is 1.44 bits per heavy atom. The highest BCUT2D eigenvalue weighted by Crippen LogP contribution is 2.31. The van der Waals surface area contributed by atoms with Gasteiger partial charge in [0.2, 0.25) is 0 Å². The van der Waals surface area contributed by atoms with Crippen molar-refractivity contribution >= 4 is 25.3 Å². The highest BCUT2D eigenvalue weighted by atomic mass is 32.2. The van der Waals surface area contributed by atoms with E-state index in [-0.39, 0.29) is 13.5 Å². The first-order valence-corrected chi connectivity index (χ1v) is 5.88. The van der Waals surface area contributed by atoms with Crippen LogP contribution in [-0.4, -0.2) is 0 Å². The molecule has 0 saturated carbocycles. The minimum absolute atomic E-state index is 0. The van der Waals surface area contributed by atoms with E-state index >= 15 is 0 Å². The van der Waals surface area contributed by atoms with Crippen molar-refractivity contribution in [2.45, 2.75) is 23.6 Å². The average molecular weight is 248 g/mol. The summed E-state index contributed by atoms with van der Waals surface area (Å²) in [5, 5.41) is 0. The second-order valence-corrected chi connectivity index (χ2v) is 4.72. The maximum atomic E-state index is 2.17. The van der Waals surface area contributed by atoms with E-state index in [9.17, 15) is 0 Å². The van der Waals surface area contributed by atoms with Crippen molar-refractivity contribution in [1.29, 1.82) is 0 Å². The maximum Gasteiger partial charge on any atom is 0.0151 e. The first kappa shape index (κ1) is 13.2. The van der Waals surface area contributed by atoms with Crippen LogP contribution in [0.1, 0.15) is 11.1 Å². The molecule has 0 amide bonds. The number of hydrogen-bond acceptors (Lipinski definition) is 1. The number of benzene rings is 2. The molecule has 0 radical (unpaired) electrons. The van der Waals surface area contributed by atoms with Crippen LogP contribution in [0.4, 0.5) is 0 Å². The fourth-order valence-corrected chi connectivity index (χ4v) is 2.45. The van der Waals surface area contributed by atoms with Crippen molar-refractivity contribution in [2.75, 3.05) is 0 Å². The van der Waals surface area contributed by atoms with Crippen LogP contribution >= 0.6 is 25.3 Å². The van der Waals surface area contributed by atoms with Crippen LogP contribution in [-0.2, 0) is 0 Å². The van der Waals surface area contributed by atoms with E-state index in [2.05, 4.69) is 62.4 Å². The molecular formula is C14H16S2. The normalized spacial score (nSPS) is 9.62. The van der Waals surface area contributed by atoms with Gasteiger partial charge in [-0.1, -0.05) is 48.2 Å². The quantitative estimate of drug-likeness (QED) is 0.750. The third-order valence-corrected chi connectivity index (χ3v) is 3.76. The molecule has 2 aromatic rings. The zero-order chi connectivity index (χ0) is 10.7. The average Bonchev–Trinajstić information content (AvgIpc) is 2.24. The Morgan fingerprint density at radius 1 is 0.688 bits per heavy atom. The molecule has 0 aliphatic heterocycles. The van der Waals surface area contributed by atoms with Crippen LogP contribution in [0.5, 0.6) is 0 Å². The Hall–Kier alpha value is -0.860. The molecule has 0 N–H and O–H groups in total. The molecule has 0 aromatic heterocycles. The van der Waals surface area contributed by atoms with Gasteiger partial charge in [-0.25, -0.2) is 0 Å². The molecular weight excluding hydrogens is 232 g/mol. The summed E-state index contributed by atoms with van der Waals surface area (Å²) in [6.45, 7) is 4.31. The summed E-state index contributed by atoms with van der Waals surface area (Å²) in [6.07, 6.45) is 0. The predicted molar refractivity (Wildman–Crippen MR) is 76.9 cm³/mol. The Bertz CT molecular complexity index is 420. The molecule has 0 aliphatic rings. The van der Waals surface area contributed by atoms with Gasteiger partial charge in [-0.15, -0.1) is 0 Å². The monoisotopic (exact) mass is 248 g/mol. The molecule has 0 atom stereocenters. The third-order valence-electron chi connectivity index (χ3n) is 2.41. The van der Waals surface area contributed by atoms with Crippen LogP contribution in [0, 0.1) is 13.8 Å². The zero-order valence-electron chi connectivity index (χ0n) is 9.53. The standard InChI is InChI=1S/C14H14S.H2S/c1-11-7-3-5-9-13(11)15-14-10-6-4-8-12(14)2;/h3-10H,1-2H3;1H2. The van der Waals surface area contributed by atoms with Gasteiger partial charge in [0, 0.05) is 9.79 Å². The van der Waals surface area contributed by atoms with Crippen LogP contribution in [0.15, 0.2) is 58.3 Å². The summed E-state index contributed by atoms with van der Waals surface area (Å²) in [4.78, 5) is 2.68. The second-order valence-electron chi connectivity index (χ2n) is 3.63. The molecule has 2 aromatic carbocycles. The van der Waals surface area contributed by atoms with E-state index in [4.69, 9.17) is 0 Å². The predicted octanol–water partition coefficient (Wildman–Crippen LogP) is 4.57. The Labute approximate surface area is 109 Å². The van der Waals surface area contributed by atoms with Gasteiger partial charge in [-0.2, -0.15) is 13.5 Å². The van der Waals surface area contributed by atoms with Gasteiger partial charge in [0.05, 0.1) is 0 Å². The summed E-state index contributed by atoms with van der Waals surface area (Å²) in [5.74, 6) is 0. The van der Waals surface area contributed by atoms with Crippen molar-refractivity contribution in [1.82, 2.24) is 0 Å². The lowest BCUT2D eigenvalue weighted by Gasteiger charge is -2.07. The fourth-order valence-electron chi connectivity index (χ4n) is 1.46. The highest BCUT2D eigenvalue weighted by molar-refractivity contribution is 7.99. The molecule has 0 fully saturated rings. The molecule has 0 aliphatic carbocycles. The Balaban J connectivity index is 0.00000128. The molecule has 0 spiro atoms. The first-order chi connectivity index (χ1) is 7.27. The lowest BCUT2D eigenvalue weighted by atomic mass is 10.2. The summed E-state index contributed by atoms with van der Waals surface area (Å²) in [6, 6.07) is 17.0. The van der Waals surface area contributed by atoms with Crippen LogP contribution < -0.4 is 0 Å². The molecule has 0 bridgehead atoms. The van der Waals surface area contributed by atoms with E-state index in [0.29, 0.717) is 0 Å². The summed E-state index contributed by atoms with van der Waals surface area (Å²) < 4.78 is 0. The van der Waals surface area contributed by atoms with E-state index in [1.807, 2.05) is 11.8 Å². The minimum atomic E-state index is 0. The molecule has 0 saturated heterocycles. The third kappa shape index (κ3) is 3.06. The lowest BCUT2D eigenvalue weighted by Crippen LogP contribution is -1.81. The summed E-state index contributed by atoms with van der Waals surface area (Å²) in [5.41, 5.74) is 2.68. The van der Waals surface area contributed by atoms with Crippen molar-refractivity contribution in [3.63, 3.8) is 0 Å². The number of rotatable bonds is 2. The van der Waals surface area contributed by atoms with Crippen molar-refractivity contribution in [3.8, 4) is 0 Å². The number of hydrogen-bond donors (Lipinski definition) is 0. The van der Waals surface area contributed by atoms with Crippen molar-refractivity contribution in [3.05, 3.63) is 59.7 Å². The van der Waals surface area contributed by atoms with Crippen molar-refractivity contribution in [2.24, 2.45) is 0 Å². The molecule has 0 heterocycles. The van der Waals surface area contributed by atoms with Gasteiger partial charge in [0.1, 0.15) is 0 Å². The second kappa shape index (κ2) is 6.02. The Kier molecular flexibility index (Phi) is 4.97. The lowest BCUT2D eigenvalue weighted by molar-refractivity contribution is 1.26. The molecule has 84 valence electrons. The van der Waals surface area contributed by atoms with Gasteiger partial charge in [-0.05, 0) is 37.1 Å². The summed E-state index contributed by atoms with van der Waals surface area (Å²) in [7, 11) is 0. The summed E-state index contributed by atoms with van der Waals surface area (Å²) >= 11 is 1.84. The van der Waals surface area contributed by atoms with Gasteiger partial charge in [0.25, 0.3) is 0 Å². The largest absolute Gasteiger partial charge is 0.197 e. The first-order valence-electron chi connectivity index (χ1n) is 5.06. The van der Waals surface area contributed by atoms with E-state index in [0.717, 1.165) is 0 Å². The highest BCUT2D eigenvalue weighted by Gasteiger charge is 2.01. The SMILES string of the molecule is Cc1ccccc1Sc1ccccc1C.S. The van der Waals surface area contributed by atoms with Crippen LogP contribution in [0.3, 0.4) is 0 Å². The van der Waals surface area contributed by atoms with Crippen LogP contribution in [0.2, 0.25) is 0 Å². The van der Waals surface area contributed by atoms with Gasteiger partial charge in [0.15, 0.2) is 0 Å². The van der Waals surface area contributed by atoms with Gasteiger partial charge >= 0.3 is 0 Å². The maximum absolute atomic E-state index is 2.17. The van der Waals surface area contributed by atoms with E-state index < -0.39 is 0 Å². The van der Waals surface area contributed by atoms with Gasteiger partial charge < -0.3 is 0 Å². The van der Waals surface area contributed by atoms with E-state index in [1.165, 1.54) is 20.9 Å². The van der Waals surface area contributed by atoms with E-state index in [1.54, 1.807) is 0 Å². The molecule has 0 unspecified atom stereocenters. The fraction of sp³-hybridized carbons (Fsp3) is 0.143. The molecule has 2 rings (SSSR count). The topological polar surface area (TPSA) is 0 Å². The minimum Gasteiger partial charge on any atom is -0.197 e. The van der Waals surface area contributed by atoms with Crippen molar-refractivity contribution < 1.29 is 0 Å². The molecule has 0 nitrogen and oxygen atoms in total. The smallest absolute Gasteiger partial charge is 0.0151 e. The van der Waals surface area contributed by atoms with Crippen LogP contribution in [0.25, 0.3) is 0 Å². The molecule has 2 heteroatoms. The zero-order valence-corrected chi connectivity index (χ0v) is 11.3. The Morgan fingerprint density at radius 2 is 1.06 bits per heavy atom.